The lowest BCUT2D eigenvalue weighted by atomic mass is 10.00. The number of carbonyl (C=O) groups is 1. The zero-order valence-electron chi connectivity index (χ0n) is 6.26. The molecule has 0 amide bonds. The first-order chi connectivity index (χ1) is 4.54. The minimum atomic E-state index is -0.827. The third kappa shape index (κ3) is 3.14. The number of rotatable bonds is 4. The first-order valence-electron chi connectivity index (χ1n) is 3.14. The molecule has 60 valence electrons. The highest BCUT2D eigenvalue weighted by Gasteiger charge is 2.24. The maximum atomic E-state index is 10.2. The molecule has 0 aliphatic carbocycles. The lowest BCUT2D eigenvalue weighted by molar-refractivity contribution is -0.140. The van der Waals surface area contributed by atoms with Crippen molar-refractivity contribution >= 4 is 15.4 Å². The maximum absolute atomic E-state index is 10.2. The maximum Gasteiger partial charge on any atom is 0.306 e. The quantitative estimate of drug-likeness (QED) is 0.639. The zero-order chi connectivity index (χ0) is 8.20. The minimum Gasteiger partial charge on any atom is -0.481 e. The fraction of sp³-hybridized carbons (Fsp3) is 0.833. The molecule has 10 heavy (non-hydrogen) atoms. The second kappa shape index (κ2) is 3.89. The van der Waals surface area contributed by atoms with Crippen molar-refractivity contribution in [1.29, 1.82) is 0 Å². The van der Waals surface area contributed by atoms with Crippen molar-refractivity contribution in [3.8, 4) is 0 Å². The predicted molar refractivity (Wildman–Crippen MR) is 41.7 cm³/mol. The monoisotopic (exact) mass is 164 g/mol. The smallest absolute Gasteiger partial charge is 0.306 e. The molecule has 0 fully saturated rings. The largest absolute Gasteiger partial charge is 0.481 e. The number of hydrogen-bond donors (Lipinski definition) is 1. The van der Waals surface area contributed by atoms with Crippen LogP contribution in [0.1, 0.15) is 26.7 Å². The van der Waals surface area contributed by atoms with Crippen LogP contribution >= 0.6 is 9.47 Å². The molecular formula is C6H13O3P. The van der Waals surface area contributed by atoms with E-state index in [0.29, 0.717) is 6.42 Å². The van der Waals surface area contributed by atoms with Crippen molar-refractivity contribution in [1.82, 2.24) is 0 Å². The number of carboxylic acid groups (broad SMARTS) is 1. The van der Waals surface area contributed by atoms with E-state index in [9.17, 15) is 4.79 Å². The molecule has 0 aliphatic rings. The van der Waals surface area contributed by atoms with E-state index in [-0.39, 0.29) is 6.42 Å². The summed E-state index contributed by atoms with van der Waals surface area (Å²) in [5.41, 5.74) is -0.531. The molecule has 0 aliphatic heterocycles. The Hall–Kier alpha value is -0.140. The van der Waals surface area contributed by atoms with Crippen LogP contribution in [0, 0.1) is 0 Å². The Balaban J connectivity index is 3.92. The number of aliphatic carboxylic acids is 1. The molecule has 0 saturated heterocycles. The van der Waals surface area contributed by atoms with Gasteiger partial charge in [-0.3, -0.25) is 4.79 Å². The van der Waals surface area contributed by atoms with Gasteiger partial charge >= 0.3 is 5.97 Å². The number of hydrogen-bond acceptors (Lipinski definition) is 2. The van der Waals surface area contributed by atoms with Crippen molar-refractivity contribution in [2.45, 2.75) is 32.3 Å². The molecule has 0 aromatic rings. The minimum absolute atomic E-state index is 0.0486. The summed E-state index contributed by atoms with van der Waals surface area (Å²) in [6.45, 7) is 3.67. The van der Waals surface area contributed by atoms with Gasteiger partial charge in [0.15, 0.2) is 0 Å². The van der Waals surface area contributed by atoms with Gasteiger partial charge in [0.1, 0.15) is 0 Å². The van der Waals surface area contributed by atoms with E-state index < -0.39 is 11.6 Å². The van der Waals surface area contributed by atoms with Gasteiger partial charge in [-0.25, -0.2) is 0 Å². The van der Waals surface area contributed by atoms with Crippen LogP contribution in [0.2, 0.25) is 0 Å². The lowest BCUT2D eigenvalue weighted by Crippen LogP contribution is -2.27. The summed E-state index contributed by atoms with van der Waals surface area (Å²) in [7, 11) is 2.10. The van der Waals surface area contributed by atoms with Crippen LogP contribution in [0.3, 0.4) is 0 Å². The highest BCUT2D eigenvalue weighted by molar-refractivity contribution is 7.09. The van der Waals surface area contributed by atoms with Crippen LogP contribution in [0.4, 0.5) is 0 Å². The highest BCUT2D eigenvalue weighted by Crippen LogP contribution is 2.22. The Bertz CT molecular complexity index is 120. The Morgan fingerprint density at radius 2 is 2.30 bits per heavy atom. The summed E-state index contributed by atoms with van der Waals surface area (Å²) in [6.07, 6.45) is 0.746. The van der Waals surface area contributed by atoms with Crippen molar-refractivity contribution in [2.24, 2.45) is 0 Å². The van der Waals surface area contributed by atoms with E-state index in [1.165, 1.54) is 0 Å². The molecular weight excluding hydrogens is 151 g/mol. The Morgan fingerprint density at radius 1 is 1.80 bits per heavy atom. The SMILES string of the molecule is CCC(C)(CC(=O)O)OP. The van der Waals surface area contributed by atoms with Gasteiger partial charge in [0.05, 0.1) is 12.0 Å². The van der Waals surface area contributed by atoms with Crippen molar-refractivity contribution in [2.75, 3.05) is 0 Å². The molecule has 2 atom stereocenters. The van der Waals surface area contributed by atoms with Crippen molar-refractivity contribution in [3.05, 3.63) is 0 Å². The van der Waals surface area contributed by atoms with Crippen LogP contribution in [0.25, 0.3) is 0 Å². The first kappa shape index (κ1) is 9.86. The standard InChI is InChI=1S/C6H13O3P/c1-3-6(2,9-10)4-5(7)8/h3-4,10H2,1-2H3,(H,7,8). The molecule has 0 rings (SSSR count). The van der Waals surface area contributed by atoms with Gasteiger partial charge in [0.2, 0.25) is 0 Å². The zero-order valence-corrected chi connectivity index (χ0v) is 7.41. The molecule has 4 heteroatoms. The summed E-state index contributed by atoms with van der Waals surface area (Å²) in [5, 5.41) is 8.42. The van der Waals surface area contributed by atoms with Gasteiger partial charge in [-0.1, -0.05) is 6.92 Å². The average molecular weight is 164 g/mol. The van der Waals surface area contributed by atoms with E-state index >= 15 is 0 Å². The lowest BCUT2D eigenvalue weighted by Gasteiger charge is -2.23. The van der Waals surface area contributed by atoms with Gasteiger partial charge in [0.25, 0.3) is 0 Å². The summed E-state index contributed by atoms with van der Waals surface area (Å²) in [5.74, 6) is -0.827. The predicted octanol–water partition coefficient (Wildman–Crippen LogP) is 1.44. The number of carboxylic acids is 1. The normalized spacial score (nSPS) is 16.3. The Labute approximate surface area is 63.0 Å². The van der Waals surface area contributed by atoms with Crippen molar-refractivity contribution in [3.63, 3.8) is 0 Å². The van der Waals surface area contributed by atoms with Crippen LogP contribution in [0.15, 0.2) is 0 Å². The second-order valence-corrected chi connectivity index (χ2v) is 2.73. The van der Waals surface area contributed by atoms with Crippen LogP contribution < -0.4 is 0 Å². The Morgan fingerprint density at radius 3 is 2.40 bits per heavy atom. The third-order valence-corrected chi connectivity index (χ3v) is 2.13. The van der Waals surface area contributed by atoms with Gasteiger partial charge < -0.3 is 9.63 Å². The van der Waals surface area contributed by atoms with E-state index in [4.69, 9.17) is 9.63 Å². The van der Waals surface area contributed by atoms with E-state index in [1.54, 1.807) is 6.92 Å². The van der Waals surface area contributed by atoms with E-state index in [0.717, 1.165) is 0 Å². The Kier molecular flexibility index (Phi) is 3.84. The molecule has 0 aromatic carbocycles. The molecule has 0 bridgehead atoms. The van der Waals surface area contributed by atoms with E-state index in [1.807, 2.05) is 6.92 Å². The van der Waals surface area contributed by atoms with Gasteiger partial charge in [0, 0.05) is 9.47 Å². The van der Waals surface area contributed by atoms with Crippen molar-refractivity contribution < 1.29 is 14.4 Å². The average Bonchev–Trinajstić information content (AvgIpc) is 1.87. The van der Waals surface area contributed by atoms with Gasteiger partial charge in [-0.15, -0.1) is 0 Å². The van der Waals surface area contributed by atoms with Crippen LogP contribution in [0.5, 0.6) is 0 Å². The molecule has 0 radical (unpaired) electrons. The summed E-state index contributed by atoms with van der Waals surface area (Å²) in [4.78, 5) is 10.2. The first-order valence-corrected chi connectivity index (χ1v) is 3.61. The molecule has 0 aromatic heterocycles. The highest BCUT2D eigenvalue weighted by atomic mass is 31.0. The molecule has 0 saturated carbocycles. The fourth-order valence-electron chi connectivity index (χ4n) is 0.570. The van der Waals surface area contributed by atoms with Gasteiger partial charge in [-0.2, -0.15) is 0 Å². The second-order valence-electron chi connectivity index (χ2n) is 2.49. The van der Waals surface area contributed by atoms with Crippen LogP contribution in [-0.2, 0) is 9.32 Å². The molecule has 0 heterocycles. The molecule has 2 unspecified atom stereocenters. The van der Waals surface area contributed by atoms with E-state index in [2.05, 4.69) is 9.47 Å². The third-order valence-electron chi connectivity index (χ3n) is 1.56. The summed E-state index contributed by atoms with van der Waals surface area (Å²) < 4.78 is 4.93. The summed E-state index contributed by atoms with van der Waals surface area (Å²) in [6, 6.07) is 0. The molecule has 0 spiro atoms. The van der Waals surface area contributed by atoms with Crippen LogP contribution in [-0.4, -0.2) is 16.7 Å². The molecule has 1 N–H and O–H groups in total. The van der Waals surface area contributed by atoms with Gasteiger partial charge in [-0.05, 0) is 13.3 Å². The topological polar surface area (TPSA) is 46.5 Å². The molecule has 3 nitrogen and oxygen atoms in total. The summed E-state index contributed by atoms with van der Waals surface area (Å²) >= 11 is 0. The fourth-order valence-corrected chi connectivity index (χ4v) is 0.820.